The number of hydrogen-bond acceptors (Lipinski definition) is 4. The first-order valence-corrected chi connectivity index (χ1v) is 9.07. The van der Waals surface area contributed by atoms with Crippen LogP contribution in [0.25, 0.3) is 0 Å². The number of carbonyl (C=O) groups excluding carboxylic acids is 1. The Hall–Kier alpha value is -2.17. The Morgan fingerprint density at radius 1 is 0.840 bits per heavy atom. The molecule has 2 aliphatic heterocycles. The van der Waals surface area contributed by atoms with Gasteiger partial charge in [-0.25, -0.2) is 0 Å². The highest BCUT2D eigenvalue weighted by Crippen LogP contribution is 2.30. The quantitative estimate of drug-likeness (QED) is 0.804. The van der Waals surface area contributed by atoms with E-state index in [-0.39, 0.29) is 18.1 Å². The zero-order chi connectivity index (χ0) is 17.1. The van der Waals surface area contributed by atoms with Gasteiger partial charge in [-0.3, -0.25) is 14.6 Å². The van der Waals surface area contributed by atoms with Crippen LogP contribution < -0.4 is 0 Å². The molecule has 4 rings (SSSR count). The van der Waals surface area contributed by atoms with Crippen molar-refractivity contribution in [2.45, 2.75) is 18.5 Å². The molecule has 4 nitrogen and oxygen atoms in total. The highest BCUT2D eigenvalue weighted by molar-refractivity contribution is 5.77. The van der Waals surface area contributed by atoms with Crippen LogP contribution in [0.5, 0.6) is 0 Å². The fraction of sp³-hybridized carbons (Fsp3) is 0.381. The van der Waals surface area contributed by atoms with Gasteiger partial charge in [0.25, 0.3) is 0 Å². The molecule has 0 aromatic heterocycles. The maximum atomic E-state index is 11.9. The zero-order valence-corrected chi connectivity index (χ0v) is 14.4. The summed E-state index contributed by atoms with van der Waals surface area (Å²) in [6.07, 6.45) is 0.833. The third kappa shape index (κ3) is 3.46. The minimum Gasteiger partial charge on any atom is -0.464 e. The zero-order valence-electron chi connectivity index (χ0n) is 14.4. The molecule has 0 bridgehead atoms. The highest BCUT2D eigenvalue weighted by atomic mass is 16.5. The molecule has 0 amide bonds. The Morgan fingerprint density at radius 3 is 1.88 bits per heavy atom. The molecule has 0 N–H and O–H groups in total. The molecule has 0 radical (unpaired) electrons. The van der Waals surface area contributed by atoms with Crippen molar-refractivity contribution >= 4 is 5.97 Å². The van der Waals surface area contributed by atoms with Crippen molar-refractivity contribution in [2.75, 3.05) is 32.8 Å². The van der Waals surface area contributed by atoms with Crippen LogP contribution in [-0.4, -0.2) is 54.6 Å². The number of nitrogens with zero attached hydrogens (tertiary/aromatic N) is 2. The topological polar surface area (TPSA) is 32.8 Å². The van der Waals surface area contributed by atoms with Gasteiger partial charge in [-0.1, -0.05) is 60.7 Å². The highest BCUT2D eigenvalue weighted by Gasteiger charge is 2.35. The van der Waals surface area contributed by atoms with Gasteiger partial charge in [0.2, 0.25) is 0 Å². The van der Waals surface area contributed by atoms with Crippen molar-refractivity contribution in [3.63, 3.8) is 0 Å². The fourth-order valence-electron chi connectivity index (χ4n) is 4.01. The second-order valence-corrected chi connectivity index (χ2v) is 6.77. The lowest BCUT2D eigenvalue weighted by atomic mass is 9.96. The Kier molecular flexibility index (Phi) is 4.81. The molecule has 0 aliphatic carbocycles. The molecule has 130 valence electrons. The lowest BCUT2D eigenvalue weighted by Crippen LogP contribution is -2.52. The summed E-state index contributed by atoms with van der Waals surface area (Å²) >= 11 is 0. The number of cyclic esters (lactones) is 1. The number of rotatable bonds is 4. The number of esters is 1. The summed E-state index contributed by atoms with van der Waals surface area (Å²) < 4.78 is 5.14. The van der Waals surface area contributed by atoms with E-state index in [0.29, 0.717) is 6.61 Å². The first-order valence-electron chi connectivity index (χ1n) is 9.07. The van der Waals surface area contributed by atoms with Crippen LogP contribution in [0.1, 0.15) is 23.6 Å². The van der Waals surface area contributed by atoms with Crippen molar-refractivity contribution in [1.82, 2.24) is 9.80 Å². The maximum absolute atomic E-state index is 11.9. The van der Waals surface area contributed by atoms with E-state index in [1.54, 1.807) is 0 Å². The van der Waals surface area contributed by atoms with Gasteiger partial charge >= 0.3 is 5.97 Å². The molecule has 2 aliphatic rings. The predicted molar refractivity (Wildman–Crippen MR) is 97.2 cm³/mol. The van der Waals surface area contributed by atoms with Gasteiger partial charge in [0.15, 0.2) is 0 Å². The van der Waals surface area contributed by atoms with Gasteiger partial charge in [0, 0.05) is 32.6 Å². The van der Waals surface area contributed by atoms with Crippen LogP contribution in [0, 0.1) is 0 Å². The Balaban J connectivity index is 1.52. The van der Waals surface area contributed by atoms with Crippen LogP contribution in [0.15, 0.2) is 60.7 Å². The van der Waals surface area contributed by atoms with Crippen LogP contribution >= 0.6 is 0 Å². The van der Waals surface area contributed by atoms with Crippen molar-refractivity contribution in [3.8, 4) is 0 Å². The van der Waals surface area contributed by atoms with Crippen LogP contribution in [-0.2, 0) is 9.53 Å². The molecular formula is C21H24N2O2. The summed E-state index contributed by atoms with van der Waals surface area (Å²) in [6.45, 7) is 4.31. The normalized spacial score (nSPS) is 22.3. The molecule has 1 atom stereocenters. The molecular weight excluding hydrogens is 312 g/mol. The summed E-state index contributed by atoms with van der Waals surface area (Å²) in [5.41, 5.74) is 2.64. The summed E-state index contributed by atoms with van der Waals surface area (Å²) in [5, 5.41) is 0. The Labute approximate surface area is 149 Å². The van der Waals surface area contributed by atoms with E-state index in [0.717, 1.165) is 32.6 Å². The third-order valence-corrected chi connectivity index (χ3v) is 5.29. The number of carbonyl (C=O) groups is 1. The molecule has 0 spiro atoms. The fourth-order valence-corrected chi connectivity index (χ4v) is 4.01. The van der Waals surface area contributed by atoms with Gasteiger partial charge < -0.3 is 4.74 Å². The summed E-state index contributed by atoms with van der Waals surface area (Å²) in [5.74, 6) is -0.0453. The Morgan fingerprint density at radius 2 is 1.40 bits per heavy atom. The van der Waals surface area contributed by atoms with Crippen molar-refractivity contribution in [2.24, 2.45) is 0 Å². The van der Waals surface area contributed by atoms with Gasteiger partial charge in [-0.15, -0.1) is 0 Å². The second-order valence-electron chi connectivity index (χ2n) is 6.77. The van der Waals surface area contributed by atoms with Gasteiger partial charge in [-0.05, 0) is 11.1 Å². The average Bonchev–Trinajstić information content (AvgIpc) is 3.10. The summed E-state index contributed by atoms with van der Waals surface area (Å²) in [7, 11) is 0. The van der Waals surface area contributed by atoms with Crippen molar-refractivity contribution in [3.05, 3.63) is 71.8 Å². The van der Waals surface area contributed by atoms with Crippen LogP contribution in [0.4, 0.5) is 0 Å². The average molecular weight is 336 g/mol. The van der Waals surface area contributed by atoms with E-state index in [4.69, 9.17) is 4.74 Å². The Bertz CT molecular complexity index is 657. The molecule has 2 aromatic carbocycles. The van der Waals surface area contributed by atoms with E-state index in [2.05, 4.69) is 70.5 Å². The lowest BCUT2D eigenvalue weighted by molar-refractivity contribution is -0.142. The molecule has 2 fully saturated rings. The van der Waals surface area contributed by atoms with Gasteiger partial charge in [-0.2, -0.15) is 0 Å². The molecule has 4 heteroatoms. The van der Waals surface area contributed by atoms with Crippen LogP contribution in [0.2, 0.25) is 0 Å². The smallest absolute Gasteiger partial charge is 0.323 e. The van der Waals surface area contributed by atoms with Crippen molar-refractivity contribution in [1.29, 1.82) is 0 Å². The second kappa shape index (κ2) is 7.38. The van der Waals surface area contributed by atoms with Crippen molar-refractivity contribution < 1.29 is 9.53 Å². The van der Waals surface area contributed by atoms with Gasteiger partial charge in [0.1, 0.15) is 6.04 Å². The SMILES string of the molecule is O=C1OCC[C@@H]1N1CCN(C(c2ccccc2)c2ccccc2)CC1. The van der Waals surface area contributed by atoms with E-state index >= 15 is 0 Å². The first-order chi connectivity index (χ1) is 12.3. The third-order valence-electron chi connectivity index (χ3n) is 5.29. The van der Waals surface area contributed by atoms with E-state index in [1.165, 1.54) is 11.1 Å². The van der Waals surface area contributed by atoms with Crippen LogP contribution in [0.3, 0.4) is 0 Å². The molecule has 2 aromatic rings. The first kappa shape index (κ1) is 16.3. The number of benzene rings is 2. The summed E-state index contributed by atoms with van der Waals surface area (Å²) in [4.78, 5) is 16.7. The lowest BCUT2D eigenvalue weighted by Gasteiger charge is -2.41. The molecule has 0 saturated carbocycles. The molecule has 25 heavy (non-hydrogen) atoms. The maximum Gasteiger partial charge on any atom is 0.323 e. The molecule has 2 heterocycles. The molecule has 0 unspecified atom stereocenters. The molecule has 2 saturated heterocycles. The minimum atomic E-state index is -0.0453. The van der Waals surface area contributed by atoms with E-state index in [9.17, 15) is 4.79 Å². The monoisotopic (exact) mass is 336 g/mol. The largest absolute Gasteiger partial charge is 0.464 e. The van der Waals surface area contributed by atoms with E-state index in [1.807, 2.05) is 0 Å². The number of hydrogen-bond donors (Lipinski definition) is 0. The summed E-state index contributed by atoms with van der Waals surface area (Å²) in [6, 6.07) is 21.6. The van der Waals surface area contributed by atoms with Gasteiger partial charge in [0.05, 0.1) is 12.6 Å². The minimum absolute atomic E-state index is 0.0333. The standard InChI is InChI=1S/C21H24N2O2/c24-21-19(11-16-25-21)22-12-14-23(15-13-22)20(17-7-3-1-4-8-17)18-9-5-2-6-10-18/h1-10,19-20H,11-16H2/t19-/m0/s1. The predicted octanol–water partition coefficient (Wildman–Crippen LogP) is 2.71. The number of ether oxygens (including phenoxy) is 1. The van der Waals surface area contributed by atoms with E-state index < -0.39 is 0 Å². The number of piperazine rings is 1.